The predicted molar refractivity (Wildman–Crippen MR) is 28.8 cm³/mol. The Morgan fingerprint density at radius 2 is 2.33 bits per heavy atom. The standard InChI is InChI=1S/C4H8O.CH4/c1-3-4-5-2;/h3H,1,4H2,2H3;1H4. The molecule has 0 amide bonds. The SMILES string of the molecule is C.C=CCOC. The number of ether oxygens (including phenoxy) is 1. The van der Waals surface area contributed by atoms with Gasteiger partial charge in [-0.1, -0.05) is 13.5 Å². The minimum Gasteiger partial charge on any atom is -0.381 e. The summed E-state index contributed by atoms with van der Waals surface area (Å²) in [6, 6.07) is 0. The summed E-state index contributed by atoms with van der Waals surface area (Å²) in [5.74, 6) is 0. The van der Waals surface area contributed by atoms with E-state index in [9.17, 15) is 0 Å². The number of methoxy groups -OCH3 is 1. The van der Waals surface area contributed by atoms with Crippen molar-refractivity contribution in [3.05, 3.63) is 12.7 Å². The van der Waals surface area contributed by atoms with Gasteiger partial charge in [-0.2, -0.15) is 0 Å². The van der Waals surface area contributed by atoms with Gasteiger partial charge in [-0.15, -0.1) is 6.58 Å². The van der Waals surface area contributed by atoms with Gasteiger partial charge in [-0.05, 0) is 0 Å². The van der Waals surface area contributed by atoms with Crippen LogP contribution < -0.4 is 0 Å². The van der Waals surface area contributed by atoms with Crippen LogP contribution in [0, 0.1) is 0 Å². The highest BCUT2D eigenvalue weighted by atomic mass is 16.5. The van der Waals surface area contributed by atoms with Crippen LogP contribution in [0.2, 0.25) is 0 Å². The van der Waals surface area contributed by atoms with Crippen molar-refractivity contribution < 1.29 is 4.74 Å². The van der Waals surface area contributed by atoms with Gasteiger partial charge < -0.3 is 4.74 Å². The topological polar surface area (TPSA) is 9.23 Å². The molecule has 1 heteroatoms. The first-order chi connectivity index (χ1) is 2.41. The zero-order valence-electron chi connectivity index (χ0n) is 3.40. The molecule has 0 rings (SSSR count). The van der Waals surface area contributed by atoms with Crippen LogP contribution >= 0.6 is 0 Å². The predicted octanol–water partition coefficient (Wildman–Crippen LogP) is 1.45. The van der Waals surface area contributed by atoms with E-state index in [0.29, 0.717) is 6.61 Å². The maximum atomic E-state index is 4.57. The Hall–Kier alpha value is -0.300. The zero-order valence-corrected chi connectivity index (χ0v) is 3.40. The normalized spacial score (nSPS) is 6.17. The molecular formula is C5H12O. The van der Waals surface area contributed by atoms with E-state index in [4.69, 9.17) is 0 Å². The fourth-order valence-corrected chi connectivity index (χ4v) is 0.118. The summed E-state index contributed by atoms with van der Waals surface area (Å²) in [6.45, 7) is 4.08. The molecule has 1 nitrogen and oxygen atoms in total. The van der Waals surface area contributed by atoms with Gasteiger partial charge in [0.2, 0.25) is 0 Å². The molecule has 0 radical (unpaired) electrons. The average Bonchev–Trinajstić information content (AvgIpc) is 1.41. The molecule has 0 heterocycles. The first-order valence-corrected chi connectivity index (χ1v) is 1.51. The second kappa shape index (κ2) is 8.83. The average molecular weight is 88.2 g/mol. The van der Waals surface area contributed by atoms with Crippen molar-refractivity contribution in [1.82, 2.24) is 0 Å². The van der Waals surface area contributed by atoms with Crippen LogP contribution in [0.4, 0.5) is 0 Å². The number of rotatable bonds is 2. The summed E-state index contributed by atoms with van der Waals surface area (Å²) >= 11 is 0. The highest BCUT2D eigenvalue weighted by Crippen LogP contribution is 1.60. The first-order valence-electron chi connectivity index (χ1n) is 1.51. The first kappa shape index (κ1) is 9.20. The third-order valence-electron chi connectivity index (χ3n) is 0.285. The largest absolute Gasteiger partial charge is 0.381 e. The van der Waals surface area contributed by atoms with E-state index in [1.165, 1.54) is 0 Å². The molecule has 0 aromatic heterocycles. The highest BCUT2D eigenvalue weighted by molar-refractivity contribution is 4.62. The van der Waals surface area contributed by atoms with Crippen LogP contribution in [0.15, 0.2) is 12.7 Å². The maximum Gasteiger partial charge on any atom is 0.0641 e. The second-order valence-corrected chi connectivity index (χ2v) is 0.744. The minimum absolute atomic E-state index is 0. The van der Waals surface area contributed by atoms with E-state index in [1.54, 1.807) is 13.2 Å². The van der Waals surface area contributed by atoms with Gasteiger partial charge in [0.05, 0.1) is 6.61 Å². The summed E-state index contributed by atoms with van der Waals surface area (Å²) in [4.78, 5) is 0. The van der Waals surface area contributed by atoms with Gasteiger partial charge in [0.15, 0.2) is 0 Å². The van der Waals surface area contributed by atoms with E-state index in [0.717, 1.165) is 0 Å². The lowest BCUT2D eigenvalue weighted by Crippen LogP contribution is -1.76. The third-order valence-corrected chi connectivity index (χ3v) is 0.285. The van der Waals surface area contributed by atoms with Crippen LogP contribution in [0.1, 0.15) is 7.43 Å². The van der Waals surface area contributed by atoms with Gasteiger partial charge in [0, 0.05) is 7.11 Å². The molecule has 38 valence electrons. The van der Waals surface area contributed by atoms with Crippen molar-refractivity contribution in [1.29, 1.82) is 0 Å². The molecule has 0 aliphatic heterocycles. The van der Waals surface area contributed by atoms with Gasteiger partial charge in [-0.3, -0.25) is 0 Å². The van der Waals surface area contributed by atoms with Crippen molar-refractivity contribution in [3.8, 4) is 0 Å². The van der Waals surface area contributed by atoms with Gasteiger partial charge in [-0.25, -0.2) is 0 Å². The Kier molecular flexibility index (Phi) is 13.5. The van der Waals surface area contributed by atoms with Crippen LogP contribution in [0.3, 0.4) is 0 Å². The highest BCUT2D eigenvalue weighted by Gasteiger charge is 1.58. The van der Waals surface area contributed by atoms with Crippen molar-refractivity contribution in [2.75, 3.05) is 13.7 Å². The van der Waals surface area contributed by atoms with E-state index in [1.807, 2.05) is 0 Å². The van der Waals surface area contributed by atoms with Crippen molar-refractivity contribution in [2.45, 2.75) is 7.43 Å². The van der Waals surface area contributed by atoms with Crippen LogP contribution in [0.5, 0.6) is 0 Å². The lowest BCUT2D eigenvalue weighted by Gasteiger charge is -1.79. The summed E-state index contributed by atoms with van der Waals surface area (Å²) < 4.78 is 4.57. The monoisotopic (exact) mass is 88.1 g/mol. The number of hydrogen-bond donors (Lipinski definition) is 0. The quantitative estimate of drug-likeness (QED) is 0.464. The summed E-state index contributed by atoms with van der Waals surface area (Å²) in [5.41, 5.74) is 0. The van der Waals surface area contributed by atoms with Gasteiger partial charge in [0.1, 0.15) is 0 Å². The lowest BCUT2D eigenvalue weighted by molar-refractivity contribution is 0.234. The summed E-state index contributed by atoms with van der Waals surface area (Å²) in [7, 11) is 1.64. The molecule has 0 saturated carbocycles. The van der Waals surface area contributed by atoms with Gasteiger partial charge >= 0.3 is 0 Å². The molecule has 0 aromatic carbocycles. The molecule has 0 spiro atoms. The van der Waals surface area contributed by atoms with Crippen molar-refractivity contribution >= 4 is 0 Å². The molecule has 0 bridgehead atoms. The summed E-state index contributed by atoms with van der Waals surface area (Å²) in [5, 5.41) is 0. The Morgan fingerprint density at radius 1 is 1.83 bits per heavy atom. The fraction of sp³-hybridized carbons (Fsp3) is 0.600. The Balaban J connectivity index is 0. The molecule has 0 saturated heterocycles. The molecule has 6 heavy (non-hydrogen) atoms. The zero-order chi connectivity index (χ0) is 4.12. The van der Waals surface area contributed by atoms with E-state index in [2.05, 4.69) is 11.3 Å². The summed E-state index contributed by atoms with van der Waals surface area (Å²) in [6.07, 6.45) is 1.71. The molecule has 0 aromatic rings. The fourth-order valence-electron chi connectivity index (χ4n) is 0.118. The Labute approximate surface area is 39.6 Å². The minimum atomic E-state index is 0. The molecule has 0 atom stereocenters. The van der Waals surface area contributed by atoms with Crippen LogP contribution in [-0.2, 0) is 4.74 Å². The van der Waals surface area contributed by atoms with Crippen LogP contribution in [0.25, 0.3) is 0 Å². The Morgan fingerprint density at radius 3 is 2.33 bits per heavy atom. The van der Waals surface area contributed by atoms with E-state index >= 15 is 0 Å². The van der Waals surface area contributed by atoms with E-state index < -0.39 is 0 Å². The molecule has 0 aliphatic rings. The molecular weight excluding hydrogens is 76.1 g/mol. The van der Waals surface area contributed by atoms with Crippen LogP contribution in [-0.4, -0.2) is 13.7 Å². The molecule has 0 unspecified atom stereocenters. The smallest absolute Gasteiger partial charge is 0.0641 e. The van der Waals surface area contributed by atoms with Crippen molar-refractivity contribution in [3.63, 3.8) is 0 Å². The second-order valence-electron chi connectivity index (χ2n) is 0.744. The number of hydrogen-bond acceptors (Lipinski definition) is 1. The third kappa shape index (κ3) is 9.33. The molecule has 0 aliphatic carbocycles. The maximum absolute atomic E-state index is 4.57. The van der Waals surface area contributed by atoms with Crippen molar-refractivity contribution in [2.24, 2.45) is 0 Å². The Bertz CT molecular complexity index is 25.1. The molecule has 0 N–H and O–H groups in total. The molecule has 0 fully saturated rings. The lowest BCUT2D eigenvalue weighted by atomic mass is 10.7. The van der Waals surface area contributed by atoms with E-state index in [-0.39, 0.29) is 7.43 Å². The van der Waals surface area contributed by atoms with Gasteiger partial charge in [0.25, 0.3) is 0 Å².